The molecule has 5 heteroatoms. The third-order valence-corrected chi connectivity index (χ3v) is 4.19. The fraction of sp³-hybridized carbons (Fsp3) is 0.417. The van der Waals surface area contributed by atoms with Gasteiger partial charge in [-0.15, -0.1) is 0 Å². The van der Waals surface area contributed by atoms with E-state index in [0.717, 1.165) is 31.0 Å². The summed E-state index contributed by atoms with van der Waals surface area (Å²) in [4.78, 5) is 2.28. The summed E-state index contributed by atoms with van der Waals surface area (Å²) >= 11 is 8.10. The van der Waals surface area contributed by atoms with E-state index in [4.69, 9.17) is 22.7 Å². The number of amidine groups is 1. The van der Waals surface area contributed by atoms with E-state index < -0.39 is 0 Å². The Morgan fingerprint density at radius 1 is 1.35 bits per heavy atom. The maximum absolute atomic E-state index is 7.65. The molecule has 1 aliphatic rings. The SMILES string of the molecule is N=C(N)c1c(Cl)cccc1N1CCCSCC1. The number of thioether (sulfide) groups is 1. The van der Waals surface area contributed by atoms with Gasteiger partial charge in [-0.05, 0) is 24.3 Å². The highest BCUT2D eigenvalue weighted by atomic mass is 35.5. The minimum absolute atomic E-state index is 0.0440. The number of nitrogens with two attached hydrogens (primary N) is 1. The summed E-state index contributed by atoms with van der Waals surface area (Å²) in [7, 11) is 0. The van der Waals surface area contributed by atoms with Crippen molar-refractivity contribution in [2.45, 2.75) is 6.42 Å². The smallest absolute Gasteiger partial charge is 0.126 e. The fourth-order valence-electron chi connectivity index (χ4n) is 2.03. The second-order valence-corrected chi connectivity index (χ2v) is 5.63. The van der Waals surface area contributed by atoms with Gasteiger partial charge in [0.25, 0.3) is 0 Å². The Labute approximate surface area is 111 Å². The summed E-state index contributed by atoms with van der Waals surface area (Å²) in [5.41, 5.74) is 7.29. The average Bonchev–Trinajstić information content (AvgIpc) is 2.56. The molecule has 1 aromatic rings. The molecule has 0 spiro atoms. The van der Waals surface area contributed by atoms with Crippen molar-refractivity contribution in [3.8, 4) is 0 Å². The lowest BCUT2D eigenvalue weighted by Gasteiger charge is -2.25. The van der Waals surface area contributed by atoms with Gasteiger partial charge in [0.2, 0.25) is 0 Å². The topological polar surface area (TPSA) is 53.1 Å². The van der Waals surface area contributed by atoms with Crippen molar-refractivity contribution in [1.82, 2.24) is 0 Å². The summed E-state index contributed by atoms with van der Waals surface area (Å²) in [5.74, 6) is 2.36. The quantitative estimate of drug-likeness (QED) is 0.641. The van der Waals surface area contributed by atoms with Gasteiger partial charge >= 0.3 is 0 Å². The first kappa shape index (κ1) is 12.6. The first-order valence-corrected chi connectivity index (χ1v) is 7.19. The molecule has 1 saturated heterocycles. The molecular weight excluding hydrogens is 254 g/mol. The Kier molecular flexibility index (Phi) is 4.18. The van der Waals surface area contributed by atoms with Crippen LogP contribution in [0.2, 0.25) is 5.02 Å². The second-order valence-electron chi connectivity index (χ2n) is 4.00. The number of rotatable bonds is 2. The molecule has 0 amide bonds. The van der Waals surface area contributed by atoms with Crippen molar-refractivity contribution >= 4 is 34.9 Å². The van der Waals surface area contributed by atoms with Crippen LogP contribution in [0.25, 0.3) is 0 Å². The van der Waals surface area contributed by atoms with Gasteiger partial charge in [0.05, 0.1) is 10.6 Å². The van der Waals surface area contributed by atoms with Crippen LogP contribution in [0.1, 0.15) is 12.0 Å². The number of benzene rings is 1. The van der Waals surface area contributed by atoms with Gasteiger partial charge in [-0.25, -0.2) is 0 Å². The predicted octanol–water partition coefficient (Wildman–Crippen LogP) is 2.57. The van der Waals surface area contributed by atoms with Gasteiger partial charge in [0, 0.05) is 24.5 Å². The zero-order chi connectivity index (χ0) is 12.3. The van der Waals surface area contributed by atoms with Gasteiger partial charge in [-0.1, -0.05) is 17.7 Å². The van der Waals surface area contributed by atoms with Crippen molar-refractivity contribution in [1.29, 1.82) is 5.41 Å². The molecule has 0 radical (unpaired) electrons. The molecule has 0 aromatic heterocycles. The number of nitrogens with zero attached hydrogens (tertiary/aromatic N) is 1. The summed E-state index contributed by atoms with van der Waals surface area (Å²) in [6, 6.07) is 5.70. The molecule has 0 unspecified atom stereocenters. The molecule has 3 nitrogen and oxygen atoms in total. The zero-order valence-corrected chi connectivity index (χ0v) is 11.2. The molecule has 0 saturated carbocycles. The van der Waals surface area contributed by atoms with Crippen LogP contribution in [0.3, 0.4) is 0 Å². The lowest BCUT2D eigenvalue weighted by Crippen LogP contribution is -2.28. The fourth-order valence-corrected chi connectivity index (χ4v) is 3.19. The molecular formula is C12H16ClN3S. The first-order chi connectivity index (χ1) is 8.20. The van der Waals surface area contributed by atoms with Gasteiger partial charge in [-0.2, -0.15) is 11.8 Å². The Hall–Kier alpha value is -0.870. The first-order valence-electron chi connectivity index (χ1n) is 5.66. The van der Waals surface area contributed by atoms with Gasteiger partial charge in [-0.3, -0.25) is 5.41 Å². The monoisotopic (exact) mass is 269 g/mol. The molecule has 3 N–H and O–H groups in total. The number of hydrogen-bond acceptors (Lipinski definition) is 3. The van der Waals surface area contributed by atoms with Gasteiger partial charge < -0.3 is 10.6 Å². The molecule has 92 valence electrons. The maximum atomic E-state index is 7.65. The summed E-state index contributed by atoms with van der Waals surface area (Å²) < 4.78 is 0. The van der Waals surface area contributed by atoms with E-state index >= 15 is 0 Å². The highest BCUT2D eigenvalue weighted by molar-refractivity contribution is 7.99. The van der Waals surface area contributed by atoms with Crippen LogP contribution in [0.4, 0.5) is 5.69 Å². The van der Waals surface area contributed by atoms with E-state index in [2.05, 4.69) is 4.90 Å². The van der Waals surface area contributed by atoms with Crippen LogP contribution in [0.15, 0.2) is 18.2 Å². The van der Waals surface area contributed by atoms with Gasteiger partial charge in [0.15, 0.2) is 0 Å². The Bertz CT molecular complexity index is 414. The Morgan fingerprint density at radius 2 is 2.18 bits per heavy atom. The standard InChI is InChI=1S/C12H16ClN3S/c13-9-3-1-4-10(11(9)12(14)15)16-5-2-7-17-8-6-16/h1,3-4H,2,5-8H2,(H3,14,15). The lowest BCUT2D eigenvalue weighted by molar-refractivity contribution is 0.815. The van der Waals surface area contributed by atoms with E-state index in [0.29, 0.717) is 10.6 Å². The van der Waals surface area contributed by atoms with Crippen LogP contribution < -0.4 is 10.6 Å². The third kappa shape index (κ3) is 2.87. The van der Waals surface area contributed by atoms with E-state index in [1.807, 2.05) is 23.9 Å². The molecule has 2 rings (SSSR count). The molecule has 1 aromatic carbocycles. The normalized spacial score (nSPS) is 16.6. The molecule has 0 bridgehead atoms. The van der Waals surface area contributed by atoms with E-state index in [1.165, 1.54) is 5.75 Å². The van der Waals surface area contributed by atoms with Crippen LogP contribution in [-0.2, 0) is 0 Å². The maximum Gasteiger partial charge on any atom is 0.126 e. The number of anilines is 1. The van der Waals surface area contributed by atoms with Crippen molar-refractivity contribution < 1.29 is 0 Å². The molecule has 1 fully saturated rings. The minimum atomic E-state index is 0.0440. The van der Waals surface area contributed by atoms with Crippen molar-refractivity contribution in [2.24, 2.45) is 5.73 Å². The molecule has 1 heterocycles. The molecule has 1 aliphatic heterocycles. The number of nitrogens with one attached hydrogen (secondary N) is 1. The van der Waals surface area contributed by atoms with Crippen LogP contribution in [-0.4, -0.2) is 30.4 Å². The summed E-state index contributed by atoms with van der Waals surface area (Å²) in [5, 5.41) is 8.21. The number of nitrogen functional groups attached to an aromatic ring is 1. The lowest BCUT2D eigenvalue weighted by atomic mass is 10.1. The summed E-state index contributed by atoms with van der Waals surface area (Å²) in [6.45, 7) is 2.00. The van der Waals surface area contributed by atoms with E-state index in [1.54, 1.807) is 6.07 Å². The number of hydrogen-bond donors (Lipinski definition) is 2. The van der Waals surface area contributed by atoms with Crippen LogP contribution in [0.5, 0.6) is 0 Å². The summed E-state index contributed by atoms with van der Waals surface area (Å²) in [6.07, 6.45) is 1.16. The minimum Gasteiger partial charge on any atom is -0.384 e. The van der Waals surface area contributed by atoms with Crippen LogP contribution in [0, 0.1) is 5.41 Å². The van der Waals surface area contributed by atoms with Crippen molar-refractivity contribution in [3.05, 3.63) is 28.8 Å². The Morgan fingerprint density at radius 3 is 2.94 bits per heavy atom. The van der Waals surface area contributed by atoms with E-state index in [9.17, 15) is 0 Å². The van der Waals surface area contributed by atoms with Crippen molar-refractivity contribution in [2.75, 3.05) is 29.5 Å². The molecule has 0 atom stereocenters. The molecule has 17 heavy (non-hydrogen) atoms. The second kappa shape index (κ2) is 5.65. The Balaban J connectivity index is 2.36. The number of halogens is 1. The van der Waals surface area contributed by atoms with Crippen molar-refractivity contribution in [3.63, 3.8) is 0 Å². The molecule has 0 aliphatic carbocycles. The highest BCUT2D eigenvalue weighted by Crippen LogP contribution is 2.28. The largest absolute Gasteiger partial charge is 0.384 e. The highest BCUT2D eigenvalue weighted by Gasteiger charge is 2.17. The zero-order valence-electron chi connectivity index (χ0n) is 9.58. The van der Waals surface area contributed by atoms with E-state index in [-0.39, 0.29) is 5.84 Å². The predicted molar refractivity (Wildman–Crippen MR) is 76.6 cm³/mol. The average molecular weight is 270 g/mol. The third-order valence-electron chi connectivity index (χ3n) is 2.82. The van der Waals surface area contributed by atoms with Gasteiger partial charge in [0.1, 0.15) is 5.84 Å². The van der Waals surface area contributed by atoms with Crippen LogP contribution >= 0.6 is 23.4 Å².